The molecule has 0 aliphatic carbocycles. The van der Waals surface area contributed by atoms with Crippen LogP contribution >= 0.6 is 0 Å². The van der Waals surface area contributed by atoms with Crippen LogP contribution < -0.4 is 16.1 Å². The van der Waals surface area contributed by atoms with Crippen LogP contribution in [-0.4, -0.2) is 49.2 Å². The minimum absolute atomic E-state index is 0.120. The molecule has 0 atom stereocenters. The number of hydrazone groups is 1. The van der Waals surface area contributed by atoms with Crippen molar-refractivity contribution < 1.29 is 0 Å². The zero-order chi connectivity index (χ0) is 15.9. The number of nitrogens with two attached hydrogens (primary N) is 1. The summed E-state index contributed by atoms with van der Waals surface area (Å²) < 4.78 is 0. The average Bonchev–Trinajstić information content (AvgIpc) is 2.55. The first-order chi connectivity index (χ1) is 10.7. The van der Waals surface area contributed by atoms with Crippen LogP contribution in [0.15, 0.2) is 29.4 Å². The van der Waals surface area contributed by atoms with Crippen LogP contribution in [-0.2, 0) is 0 Å². The summed E-state index contributed by atoms with van der Waals surface area (Å²) in [5.41, 5.74) is 9.89. The Bertz CT molecular complexity index is 594. The Morgan fingerprint density at radius 1 is 1.36 bits per heavy atom. The topological polar surface area (TPSA) is 105 Å². The van der Waals surface area contributed by atoms with E-state index in [1.165, 1.54) is 0 Å². The summed E-state index contributed by atoms with van der Waals surface area (Å²) in [5, 5.41) is 20.1. The van der Waals surface area contributed by atoms with E-state index in [4.69, 9.17) is 16.4 Å². The zero-order valence-electron chi connectivity index (χ0n) is 12.7. The minimum atomic E-state index is -0.343. The van der Waals surface area contributed by atoms with Gasteiger partial charge in [-0.25, -0.2) is 0 Å². The molecule has 4 N–H and O–H groups in total. The van der Waals surface area contributed by atoms with Crippen molar-refractivity contribution in [2.45, 2.75) is 6.92 Å². The third-order valence-corrected chi connectivity index (χ3v) is 3.71. The normalized spacial score (nSPS) is 16.2. The maximum absolute atomic E-state index is 8.89. The van der Waals surface area contributed by atoms with E-state index in [1.54, 1.807) is 6.07 Å². The number of hydrogen-bond donors (Lipinski definition) is 3. The van der Waals surface area contributed by atoms with E-state index in [2.05, 4.69) is 27.3 Å². The van der Waals surface area contributed by atoms with Crippen molar-refractivity contribution >= 4 is 22.9 Å². The second-order valence-corrected chi connectivity index (χ2v) is 5.04. The van der Waals surface area contributed by atoms with E-state index in [-0.39, 0.29) is 11.5 Å². The van der Waals surface area contributed by atoms with Gasteiger partial charge < -0.3 is 15.5 Å². The number of anilines is 2. The van der Waals surface area contributed by atoms with Gasteiger partial charge in [0.1, 0.15) is 6.07 Å². The highest BCUT2D eigenvalue weighted by molar-refractivity contribution is 6.45. The number of benzene rings is 1. The van der Waals surface area contributed by atoms with Gasteiger partial charge in [0.05, 0.1) is 11.4 Å². The fourth-order valence-corrected chi connectivity index (χ4v) is 2.41. The molecule has 2 rings (SSSR count). The molecule has 0 saturated carbocycles. The average molecular weight is 299 g/mol. The number of para-hydroxylation sites is 2. The molecule has 1 aliphatic rings. The fourth-order valence-electron chi connectivity index (χ4n) is 2.41. The fraction of sp³-hybridized carbons (Fsp3) is 0.400. The molecule has 1 saturated heterocycles. The van der Waals surface area contributed by atoms with Crippen LogP contribution in [0.4, 0.5) is 11.4 Å². The van der Waals surface area contributed by atoms with Crippen molar-refractivity contribution in [3.05, 3.63) is 24.3 Å². The van der Waals surface area contributed by atoms with Gasteiger partial charge in [-0.2, -0.15) is 10.4 Å². The minimum Gasteiger partial charge on any atom is -0.382 e. The van der Waals surface area contributed by atoms with Crippen molar-refractivity contribution in [1.82, 2.24) is 4.90 Å². The second-order valence-electron chi connectivity index (χ2n) is 5.04. The summed E-state index contributed by atoms with van der Waals surface area (Å²) in [4.78, 5) is 4.71. The molecule has 0 bridgehead atoms. The first kappa shape index (κ1) is 15.8. The number of nitrogens with zero attached hydrogens (tertiary/aromatic N) is 4. The number of amidine groups is 1. The van der Waals surface area contributed by atoms with Crippen molar-refractivity contribution in [1.29, 1.82) is 10.7 Å². The van der Waals surface area contributed by atoms with Crippen molar-refractivity contribution in [3.8, 4) is 6.07 Å². The van der Waals surface area contributed by atoms with Gasteiger partial charge in [-0.15, -0.1) is 0 Å². The molecule has 1 aromatic rings. The third-order valence-electron chi connectivity index (χ3n) is 3.71. The van der Waals surface area contributed by atoms with Crippen LogP contribution in [0.1, 0.15) is 6.92 Å². The molecule has 0 radical (unpaired) electrons. The smallest absolute Gasteiger partial charge is 0.201 e. The quantitative estimate of drug-likeness (QED) is 0.428. The predicted octanol–water partition coefficient (Wildman–Crippen LogP) is 1.06. The van der Waals surface area contributed by atoms with E-state index in [9.17, 15) is 0 Å². The Hall–Kier alpha value is -2.59. The predicted molar refractivity (Wildman–Crippen MR) is 89.4 cm³/mol. The van der Waals surface area contributed by atoms with Crippen molar-refractivity contribution in [2.24, 2.45) is 10.8 Å². The van der Waals surface area contributed by atoms with Gasteiger partial charge >= 0.3 is 0 Å². The number of piperazine rings is 1. The van der Waals surface area contributed by atoms with Crippen LogP contribution in [0.5, 0.6) is 0 Å². The highest BCUT2D eigenvalue weighted by Gasteiger charge is 2.17. The maximum atomic E-state index is 8.89. The Morgan fingerprint density at radius 3 is 2.64 bits per heavy atom. The lowest BCUT2D eigenvalue weighted by Crippen LogP contribution is -2.46. The van der Waals surface area contributed by atoms with E-state index >= 15 is 0 Å². The van der Waals surface area contributed by atoms with E-state index in [0.29, 0.717) is 0 Å². The summed E-state index contributed by atoms with van der Waals surface area (Å²) in [6, 6.07) is 9.62. The standard InChI is InChI=1S/C15H21N7/c1-2-21-7-9-22(10-8-21)14-6-4-3-5-12(14)19-20-13(11-16)15(17)18/h3-6,19H,2,7-10H2,1H3,(H3,17,18)/b20-13+. The van der Waals surface area contributed by atoms with Crippen LogP contribution in [0.25, 0.3) is 0 Å². The summed E-state index contributed by atoms with van der Waals surface area (Å²) in [5.74, 6) is -0.343. The lowest BCUT2D eigenvalue weighted by Gasteiger charge is -2.36. The van der Waals surface area contributed by atoms with Gasteiger partial charge in [0.25, 0.3) is 0 Å². The number of likely N-dealkylation sites (N-methyl/N-ethyl adjacent to an activating group) is 1. The molecular formula is C15H21N7. The highest BCUT2D eigenvalue weighted by Crippen LogP contribution is 2.26. The van der Waals surface area contributed by atoms with Gasteiger partial charge in [0.2, 0.25) is 5.71 Å². The molecule has 7 heteroatoms. The molecule has 0 spiro atoms. The molecule has 0 aromatic heterocycles. The SMILES string of the molecule is CCN1CCN(c2ccccc2N/N=C(\C#N)C(=N)N)CC1. The van der Waals surface area contributed by atoms with E-state index in [0.717, 1.165) is 44.1 Å². The van der Waals surface area contributed by atoms with Crippen LogP contribution in [0.2, 0.25) is 0 Å². The molecule has 1 fully saturated rings. The van der Waals surface area contributed by atoms with E-state index < -0.39 is 0 Å². The molecule has 7 nitrogen and oxygen atoms in total. The molecule has 0 unspecified atom stereocenters. The third kappa shape index (κ3) is 3.74. The summed E-state index contributed by atoms with van der Waals surface area (Å²) >= 11 is 0. The monoisotopic (exact) mass is 299 g/mol. The van der Waals surface area contributed by atoms with Gasteiger partial charge in [-0.05, 0) is 18.7 Å². The first-order valence-corrected chi connectivity index (χ1v) is 7.30. The number of nitriles is 1. The maximum Gasteiger partial charge on any atom is 0.201 e. The molecular weight excluding hydrogens is 278 g/mol. The summed E-state index contributed by atoms with van der Waals surface area (Å²) in [6.45, 7) is 7.21. The highest BCUT2D eigenvalue weighted by atomic mass is 15.3. The molecule has 1 aromatic carbocycles. The lowest BCUT2D eigenvalue weighted by molar-refractivity contribution is 0.271. The van der Waals surface area contributed by atoms with E-state index in [1.807, 2.05) is 24.3 Å². The summed E-state index contributed by atoms with van der Waals surface area (Å²) in [6.07, 6.45) is 0. The van der Waals surface area contributed by atoms with Gasteiger partial charge in [-0.1, -0.05) is 19.1 Å². The van der Waals surface area contributed by atoms with Crippen molar-refractivity contribution in [2.75, 3.05) is 43.0 Å². The lowest BCUT2D eigenvalue weighted by atomic mass is 10.2. The van der Waals surface area contributed by atoms with Gasteiger partial charge in [0.15, 0.2) is 5.84 Å². The Kier molecular flexibility index (Phi) is 5.33. The molecule has 0 amide bonds. The number of nitrogens with one attached hydrogen (secondary N) is 2. The van der Waals surface area contributed by atoms with Gasteiger partial charge in [-0.3, -0.25) is 10.8 Å². The first-order valence-electron chi connectivity index (χ1n) is 7.30. The Morgan fingerprint density at radius 2 is 2.05 bits per heavy atom. The molecule has 1 aliphatic heterocycles. The summed E-state index contributed by atoms with van der Waals surface area (Å²) in [7, 11) is 0. The number of hydrogen-bond acceptors (Lipinski definition) is 6. The molecule has 1 heterocycles. The largest absolute Gasteiger partial charge is 0.382 e. The Labute approximate surface area is 130 Å². The molecule has 22 heavy (non-hydrogen) atoms. The zero-order valence-corrected chi connectivity index (χ0v) is 12.7. The number of rotatable bonds is 5. The van der Waals surface area contributed by atoms with Crippen LogP contribution in [0, 0.1) is 16.7 Å². The van der Waals surface area contributed by atoms with Gasteiger partial charge in [0, 0.05) is 26.2 Å². The Balaban J connectivity index is 2.14. The van der Waals surface area contributed by atoms with Crippen molar-refractivity contribution in [3.63, 3.8) is 0 Å². The van der Waals surface area contributed by atoms with Crippen LogP contribution in [0.3, 0.4) is 0 Å². The second kappa shape index (κ2) is 7.43. The molecule has 116 valence electrons.